The molecule has 0 fully saturated rings. The van der Waals surface area contributed by atoms with E-state index in [1.807, 2.05) is 0 Å². The Morgan fingerprint density at radius 3 is 1.13 bits per heavy atom. The van der Waals surface area contributed by atoms with Gasteiger partial charge in [-0.2, -0.15) is 0 Å². The molecule has 5 heteroatoms. The number of carboxylic acids is 1. The van der Waals surface area contributed by atoms with Gasteiger partial charge in [0.1, 0.15) is 0 Å². The molecule has 145 valence electrons. The van der Waals surface area contributed by atoms with E-state index >= 15 is 0 Å². The third-order valence-corrected chi connectivity index (χ3v) is 3.99. The molecule has 1 radical (unpaired) electrons. The molecule has 0 spiro atoms. The number of carboxylic acid groups (broad SMARTS) is 1. The fourth-order valence-electron chi connectivity index (χ4n) is 2.65. The van der Waals surface area contributed by atoms with Gasteiger partial charge < -0.3 is 5.11 Å². The van der Waals surface area contributed by atoms with Gasteiger partial charge in [0.05, 0.1) is 0 Å². The summed E-state index contributed by atoms with van der Waals surface area (Å²) in [6.07, 6.45) is 20.2. The van der Waals surface area contributed by atoms with Crippen LogP contribution in [0, 0.1) is 0 Å². The first kappa shape index (κ1) is 27.7. The number of rotatable bonds is 16. The fraction of sp³-hybridized carbons (Fsp3) is 0.944. The summed E-state index contributed by atoms with van der Waals surface area (Å²) in [4.78, 5) is 10.3. The van der Waals surface area contributed by atoms with E-state index in [0.717, 1.165) is 12.8 Å². The summed E-state index contributed by atoms with van der Waals surface area (Å²) in [7, 11) is 0. The minimum atomic E-state index is -0.653. The second-order valence-electron chi connectivity index (χ2n) is 6.09. The molecule has 0 aromatic heterocycles. The van der Waals surface area contributed by atoms with Crippen LogP contribution in [0.4, 0.5) is 0 Å². The Morgan fingerprint density at radius 1 is 0.609 bits per heavy atom. The maximum atomic E-state index is 10.3. The minimum absolute atomic E-state index is 0. The Kier molecular flexibility index (Phi) is 32.3. The molecule has 0 saturated carbocycles. The predicted octanol–water partition coefficient (Wildman–Crippen LogP) is 6.35. The SMILES string of the molecule is CCCCCCCCCCCCCCCCCC(=O)O.OO.[Cu]. The van der Waals surface area contributed by atoms with Crippen LogP contribution < -0.4 is 0 Å². The smallest absolute Gasteiger partial charge is 0.303 e. The summed E-state index contributed by atoms with van der Waals surface area (Å²) >= 11 is 0. The molecule has 0 bridgehead atoms. The van der Waals surface area contributed by atoms with E-state index in [0.29, 0.717) is 6.42 Å². The first-order valence-electron chi connectivity index (χ1n) is 9.19. The number of hydrogen-bond donors (Lipinski definition) is 3. The second-order valence-corrected chi connectivity index (χ2v) is 6.09. The third-order valence-electron chi connectivity index (χ3n) is 3.99. The van der Waals surface area contributed by atoms with Gasteiger partial charge in [0.2, 0.25) is 0 Å². The molecule has 0 rings (SSSR count). The Labute approximate surface area is 153 Å². The van der Waals surface area contributed by atoms with E-state index in [9.17, 15) is 4.79 Å². The molecular weight excluding hydrogens is 344 g/mol. The first-order chi connectivity index (χ1) is 10.8. The molecule has 0 aliphatic heterocycles. The molecule has 4 nitrogen and oxygen atoms in total. The summed E-state index contributed by atoms with van der Waals surface area (Å²) in [6.45, 7) is 2.27. The van der Waals surface area contributed by atoms with E-state index in [4.69, 9.17) is 15.6 Å². The van der Waals surface area contributed by atoms with Gasteiger partial charge in [-0.3, -0.25) is 15.3 Å². The Balaban J connectivity index is -0.00000128. The zero-order valence-electron chi connectivity index (χ0n) is 14.9. The molecule has 0 aliphatic carbocycles. The van der Waals surface area contributed by atoms with Crippen molar-refractivity contribution in [3.8, 4) is 0 Å². The van der Waals surface area contributed by atoms with Gasteiger partial charge in [0, 0.05) is 23.5 Å². The summed E-state index contributed by atoms with van der Waals surface area (Å²) in [5.74, 6) is -0.653. The largest absolute Gasteiger partial charge is 0.481 e. The molecular formula is C18H38CuO4. The van der Waals surface area contributed by atoms with Crippen molar-refractivity contribution >= 4 is 5.97 Å². The summed E-state index contributed by atoms with van der Waals surface area (Å²) in [6, 6.07) is 0. The van der Waals surface area contributed by atoms with E-state index in [-0.39, 0.29) is 17.1 Å². The summed E-state index contributed by atoms with van der Waals surface area (Å²) in [5, 5.41) is 20.5. The number of carbonyl (C=O) groups is 1. The van der Waals surface area contributed by atoms with Gasteiger partial charge in [-0.25, -0.2) is 0 Å². The predicted molar refractivity (Wildman–Crippen MR) is 92.4 cm³/mol. The molecule has 0 saturated heterocycles. The van der Waals surface area contributed by atoms with Crippen LogP contribution in [0.15, 0.2) is 0 Å². The molecule has 0 atom stereocenters. The fourth-order valence-corrected chi connectivity index (χ4v) is 2.65. The molecule has 0 unspecified atom stereocenters. The first-order valence-corrected chi connectivity index (χ1v) is 9.19. The third kappa shape index (κ3) is 30.4. The summed E-state index contributed by atoms with van der Waals surface area (Å²) in [5.41, 5.74) is 0. The van der Waals surface area contributed by atoms with Gasteiger partial charge in [-0.15, -0.1) is 0 Å². The van der Waals surface area contributed by atoms with Crippen molar-refractivity contribution in [1.29, 1.82) is 0 Å². The molecule has 0 heterocycles. The quantitative estimate of drug-likeness (QED) is 0.126. The van der Waals surface area contributed by atoms with Crippen LogP contribution in [0.3, 0.4) is 0 Å². The van der Waals surface area contributed by atoms with Crippen molar-refractivity contribution < 1.29 is 37.5 Å². The van der Waals surface area contributed by atoms with Crippen molar-refractivity contribution in [2.45, 2.75) is 110 Å². The van der Waals surface area contributed by atoms with Crippen LogP contribution in [0.2, 0.25) is 0 Å². The second kappa shape index (κ2) is 26.8. The van der Waals surface area contributed by atoms with Gasteiger partial charge in [-0.1, -0.05) is 96.8 Å². The van der Waals surface area contributed by atoms with Crippen molar-refractivity contribution in [2.75, 3.05) is 0 Å². The molecule has 23 heavy (non-hydrogen) atoms. The average molecular weight is 382 g/mol. The van der Waals surface area contributed by atoms with Crippen molar-refractivity contribution in [3.05, 3.63) is 0 Å². The van der Waals surface area contributed by atoms with Crippen LogP contribution in [-0.4, -0.2) is 21.6 Å². The number of unbranched alkanes of at least 4 members (excludes halogenated alkanes) is 14. The normalized spacial score (nSPS) is 9.70. The number of aliphatic carboxylic acids is 1. The minimum Gasteiger partial charge on any atom is -0.481 e. The molecule has 0 aliphatic rings. The monoisotopic (exact) mass is 381 g/mol. The van der Waals surface area contributed by atoms with Gasteiger partial charge in [-0.05, 0) is 6.42 Å². The summed E-state index contributed by atoms with van der Waals surface area (Å²) < 4.78 is 0. The van der Waals surface area contributed by atoms with Crippen molar-refractivity contribution in [2.24, 2.45) is 0 Å². The van der Waals surface area contributed by atoms with E-state index < -0.39 is 5.97 Å². The molecule has 3 N–H and O–H groups in total. The standard InChI is InChI=1S/C18H36O2.Cu.H2O2/c1-2-3-4-5-6-7-8-9-10-11-12-13-14-15-16-17-18(19)20;;1-2/h2-17H2,1H3,(H,19,20);;1-2H. The zero-order chi connectivity index (χ0) is 16.9. The van der Waals surface area contributed by atoms with Crippen LogP contribution >= 0.6 is 0 Å². The van der Waals surface area contributed by atoms with E-state index in [2.05, 4.69) is 6.92 Å². The van der Waals surface area contributed by atoms with Gasteiger partial charge in [0.15, 0.2) is 0 Å². The van der Waals surface area contributed by atoms with E-state index in [1.54, 1.807) is 0 Å². The molecule has 0 amide bonds. The van der Waals surface area contributed by atoms with Crippen molar-refractivity contribution in [3.63, 3.8) is 0 Å². The van der Waals surface area contributed by atoms with Crippen LogP contribution in [0.5, 0.6) is 0 Å². The van der Waals surface area contributed by atoms with Crippen molar-refractivity contribution in [1.82, 2.24) is 0 Å². The topological polar surface area (TPSA) is 77.8 Å². The average Bonchev–Trinajstić information content (AvgIpc) is 2.53. The Morgan fingerprint density at radius 2 is 0.870 bits per heavy atom. The Bertz CT molecular complexity index is 213. The van der Waals surface area contributed by atoms with Gasteiger partial charge >= 0.3 is 5.97 Å². The number of hydrogen-bond acceptors (Lipinski definition) is 3. The Hall–Kier alpha value is -0.0905. The van der Waals surface area contributed by atoms with Crippen LogP contribution in [0.25, 0.3) is 0 Å². The molecule has 0 aromatic carbocycles. The zero-order valence-corrected chi connectivity index (χ0v) is 15.8. The maximum Gasteiger partial charge on any atom is 0.303 e. The maximum absolute atomic E-state index is 10.3. The molecule has 0 aromatic rings. The van der Waals surface area contributed by atoms with Gasteiger partial charge in [0.25, 0.3) is 0 Å². The van der Waals surface area contributed by atoms with E-state index in [1.165, 1.54) is 83.5 Å². The van der Waals surface area contributed by atoms with Crippen LogP contribution in [-0.2, 0) is 21.9 Å². The van der Waals surface area contributed by atoms with Crippen LogP contribution in [0.1, 0.15) is 110 Å².